The fourth-order valence-electron chi connectivity index (χ4n) is 3.08. The Morgan fingerprint density at radius 3 is 2.96 bits per heavy atom. The molecule has 26 heavy (non-hydrogen) atoms. The van der Waals surface area contributed by atoms with Gasteiger partial charge in [-0.2, -0.15) is 0 Å². The van der Waals surface area contributed by atoms with Crippen LogP contribution in [0.15, 0.2) is 29.6 Å². The third-order valence-electron chi connectivity index (χ3n) is 4.60. The van der Waals surface area contributed by atoms with Crippen LogP contribution in [0.1, 0.15) is 26.4 Å². The molecule has 2 aromatic rings. The number of nitrogens with one attached hydrogen (secondary N) is 1. The van der Waals surface area contributed by atoms with Gasteiger partial charge in [-0.05, 0) is 48.1 Å². The van der Waals surface area contributed by atoms with E-state index >= 15 is 0 Å². The van der Waals surface area contributed by atoms with E-state index in [1.165, 1.54) is 17.6 Å². The van der Waals surface area contributed by atoms with Gasteiger partial charge in [-0.15, -0.1) is 11.3 Å². The van der Waals surface area contributed by atoms with Crippen LogP contribution in [0.25, 0.3) is 0 Å². The number of carbonyl (C=O) groups excluding carboxylic acids is 2. The summed E-state index contributed by atoms with van der Waals surface area (Å²) in [7, 11) is 1.50. The Morgan fingerprint density at radius 1 is 1.38 bits per heavy atom. The number of hydrogen-bond donors (Lipinski definition) is 2. The van der Waals surface area contributed by atoms with E-state index in [1.54, 1.807) is 29.5 Å². The third-order valence-corrected chi connectivity index (χ3v) is 5.62. The first kappa shape index (κ1) is 18.6. The molecule has 0 saturated heterocycles. The largest absolute Gasteiger partial charge is 0.383 e. The van der Waals surface area contributed by atoms with Crippen molar-refractivity contribution in [2.24, 2.45) is 5.73 Å². The Hall–Kier alpha value is -2.22. The van der Waals surface area contributed by atoms with E-state index < -0.39 is 6.04 Å². The van der Waals surface area contributed by atoms with Crippen molar-refractivity contribution in [3.63, 3.8) is 0 Å². The number of anilines is 1. The number of rotatable bonds is 5. The van der Waals surface area contributed by atoms with Crippen molar-refractivity contribution in [1.29, 1.82) is 0 Å². The second-order valence-electron chi connectivity index (χ2n) is 6.37. The standard InChI is InChI=1S/C19H23N3O3S/c1-12-14(4-3-5-16(12)21-18(23)15(20)11-25-2)19(24)22-8-6-17-13(10-22)7-9-26-17/h3-5,7,9,15H,6,8,10-11,20H2,1-2H3,(H,21,23). The number of nitrogens with two attached hydrogens (primary N) is 1. The summed E-state index contributed by atoms with van der Waals surface area (Å²) >= 11 is 1.75. The molecule has 0 saturated carbocycles. The van der Waals surface area contributed by atoms with E-state index in [9.17, 15) is 9.59 Å². The minimum absolute atomic E-state index is 0.0170. The van der Waals surface area contributed by atoms with Crippen molar-refractivity contribution in [2.75, 3.05) is 25.6 Å². The molecule has 1 unspecified atom stereocenters. The Balaban J connectivity index is 1.76. The number of thiophene rings is 1. The molecule has 0 spiro atoms. The Labute approximate surface area is 156 Å². The summed E-state index contributed by atoms with van der Waals surface area (Å²) in [6.45, 7) is 3.32. The minimum Gasteiger partial charge on any atom is -0.383 e. The van der Waals surface area contributed by atoms with Crippen molar-refractivity contribution in [3.8, 4) is 0 Å². The highest BCUT2D eigenvalue weighted by molar-refractivity contribution is 7.10. The smallest absolute Gasteiger partial charge is 0.254 e. The molecule has 0 aliphatic carbocycles. The van der Waals surface area contributed by atoms with Crippen molar-refractivity contribution < 1.29 is 14.3 Å². The predicted octanol–water partition coefficient (Wildman–Crippen LogP) is 2.17. The van der Waals surface area contributed by atoms with E-state index in [4.69, 9.17) is 10.5 Å². The van der Waals surface area contributed by atoms with Crippen LogP contribution in [0.4, 0.5) is 5.69 Å². The summed E-state index contributed by atoms with van der Waals surface area (Å²) in [5.41, 5.74) is 8.93. The molecule has 1 aliphatic rings. The molecule has 6 nitrogen and oxygen atoms in total. The van der Waals surface area contributed by atoms with Crippen LogP contribution < -0.4 is 11.1 Å². The van der Waals surface area contributed by atoms with Crippen LogP contribution in [0.2, 0.25) is 0 Å². The highest BCUT2D eigenvalue weighted by Crippen LogP contribution is 2.27. The van der Waals surface area contributed by atoms with Crippen molar-refractivity contribution in [2.45, 2.75) is 25.9 Å². The summed E-state index contributed by atoms with van der Waals surface area (Å²) in [6, 6.07) is 6.68. The average molecular weight is 373 g/mol. The fraction of sp³-hybridized carbons (Fsp3) is 0.368. The van der Waals surface area contributed by atoms with Crippen molar-refractivity contribution in [1.82, 2.24) is 4.90 Å². The highest BCUT2D eigenvalue weighted by atomic mass is 32.1. The van der Waals surface area contributed by atoms with Crippen LogP contribution in [0.3, 0.4) is 0 Å². The van der Waals surface area contributed by atoms with Crippen LogP contribution in [-0.4, -0.2) is 43.0 Å². The molecule has 2 amide bonds. The van der Waals surface area contributed by atoms with Gasteiger partial charge in [-0.3, -0.25) is 9.59 Å². The molecule has 3 N–H and O–H groups in total. The number of carbonyl (C=O) groups is 2. The lowest BCUT2D eigenvalue weighted by atomic mass is 10.0. The van der Waals surface area contributed by atoms with Gasteiger partial charge < -0.3 is 20.7 Å². The zero-order valence-corrected chi connectivity index (χ0v) is 15.8. The normalized spacial score (nSPS) is 14.7. The SMILES string of the molecule is COCC(N)C(=O)Nc1cccc(C(=O)N2CCc3sccc3C2)c1C. The zero-order chi connectivity index (χ0) is 18.7. The molecular weight excluding hydrogens is 350 g/mol. The van der Waals surface area contributed by atoms with E-state index in [-0.39, 0.29) is 18.4 Å². The molecule has 1 aromatic heterocycles. The monoisotopic (exact) mass is 373 g/mol. The number of ether oxygens (including phenoxy) is 1. The van der Waals surface area contributed by atoms with Crippen LogP contribution in [0, 0.1) is 6.92 Å². The quantitative estimate of drug-likeness (QED) is 0.841. The first-order valence-corrected chi connectivity index (χ1v) is 9.38. The summed E-state index contributed by atoms with van der Waals surface area (Å²) in [6.07, 6.45) is 0.889. The van der Waals surface area contributed by atoms with Gasteiger partial charge in [0.15, 0.2) is 0 Å². The maximum atomic E-state index is 13.0. The van der Waals surface area contributed by atoms with E-state index in [0.717, 1.165) is 12.0 Å². The minimum atomic E-state index is -0.752. The number of fused-ring (bicyclic) bond motifs is 1. The molecule has 0 radical (unpaired) electrons. The Morgan fingerprint density at radius 2 is 2.19 bits per heavy atom. The number of methoxy groups -OCH3 is 1. The van der Waals surface area contributed by atoms with E-state index in [0.29, 0.717) is 24.3 Å². The molecule has 7 heteroatoms. The summed E-state index contributed by atoms with van der Waals surface area (Å²) in [4.78, 5) is 28.4. The molecule has 0 fully saturated rings. The van der Waals surface area contributed by atoms with Crippen molar-refractivity contribution >= 4 is 28.8 Å². The second-order valence-corrected chi connectivity index (χ2v) is 7.38. The molecule has 1 atom stereocenters. The van der Waals surface area contributed by atoms with Gasteiger partial charge in [0.05, 0.1) is 6.61 Å². The fourth-order valence-corrected chi connectivity index (χ4v) is 3.97. The van der Waals surface area contributed by atoms with Crippen LogP contribution >= 0.6 is 11.3 Å². The summed E-state index contributed by atoms with van der Waals surface area (Å²) in [5, 5.41) is 4.86. The lowest BCUT2D eigenvalue weighted by Gasteiger charge is -2.28. The van der Waals surface area contributed by atoms with E-state index in [1.807, 2.05) is 11.8 Å². The Kier molecular flexibility index (Phi) is 5.70. The van der Waals surface area contributed by atoms with Gasteiger partial charge >= 0.3 is 0 Å². The molecule has 3 rings (SSSR count). The number of benzene rings is 1. The number of nitrogens with zero attached hydrogens (tertiary/aromatic N) is 1. The van der Waals surface area contributed by atoms with Gasteiger partial charge in [0.25, 0.3) is 5.91 Å². The maximum absolute atomic E-state index is 13.0. The van der Waals surface area contributed by atoms with Crippen LogP contribution in [-0.2, 0) is 22.5 Å². The van der Waals surface area contributed by atoms with Gasteiger partial charge in [-0.1, -0.05) is 6.07 Å². The second kappa shape index (κ2) is 7.99. The molecule has 0 bridgehead atoms. The van der Waals surface area contributed by atoms with Crippen molar-refractivity contribution in [3.05, 3.63) is 51.2 Å². The zero-order valence-electron chi connectivity index (χ0n) is 15.0. The third kappa shape index (κ3) is 3.80. The lowest BCUT2D eigenvalue weighted by molar-refractivity contribution is -0.118. The average Bonchev–Trinajstić information content (AvgIpc) is 3.10. The first-order valence-electron chi connectivity index (χ1n) is 8.50. The highest BCUT2D eigenvalue weighted by Gasteiger charge is 2.24. The molecule has 2 heterocycles. The first-order chi connectivity index (χ1) is 12.5. The predicted molar refractivity (Wildman–Crippen MR) is 102 cm³/mol. The molecule has 1 aliphatic heterocycles. The van der Waals surface area contributed by atoms with Gasteiger partial charge in [-0.25, -0.2) is 0 Å². The number of amides is 2. The maximum Gasteiger partial charge on any atom is 0.254 e. The van der Waals surface area contributed by atoms with Crippen LogP contribution in [0.5, 0.6) is 0 Å². The van der Waals surface area contributed by atoms with Gasteiger partial charge in [0.2, 0.25) is 5.91 Å². The van der Waals surface area contributed by atoms with Gasteiger partial charge in [0.1, 0.15) is 6.04 Å². The topological polar surface area (TPSA) is 84.7 Å². The molecule has 138 valence electrons. The summed E-state index contributed by atoms with van der Waals surface area (Å²) in [5.74, 6) is -0.350. The van der Waals surface area contributed by atoms with Gasteiger partial charge in [0, 0.05) is 36.3 Å². The number of hydrogen-bond acceptors (Lipinski definition) is 5. The lowest BCUT2D eigenvalue weighted by Crippen LogP contribution is -2.39. The Bertz CT molecular complexity index is 818. The van der Waals surface area contributed by atoms with E-state index in [2.05, 4.69) is 16.8 Å². The summed E-state index contributed by atoms with van der Waals surface area (Å²) < 4.78 is 4.91. The molecular formula is C19H23N3O3S. The molecule has 1 aromatic carbocycles.